The SMILES string of the molecule is NC[C@@H](O)CC(F)(F)C(F)(F)C(F)(F)C(F)(F)C(F)(F)C(F)(F)C(F)(F)C(F)(F)F. The summed E-state index contributed by atoms with van der Waals surface area (Å²) in [5, 5.41) is 8.65. The first-order chi connectivity index (χ1) is 12.7. The number of halogens is 17. The fraction of sp³-hybridized carbons (Fsp3) is 1.00. The van der Waals surface area contributed by atoms with Crippen molar-refractivity contribution < 1.29 is 79.7 Å². The van der Waals surface area contributed by atoms with E-state index in [1.807, 2.05) is 0 Å². The summed E-state index contributed by atoms with van der Waals surface area (Å²) in [6.45, 7) is -1.42. The lowest BCUT2D eigenvalue weighted by atomic mass is 9.87. The van der Waals surface area contributed by atoms with E-state index >= 15 is 0 Å². The molecule has 0 heterocycles. The van der Waals surface area contributed by atoms with Crippen LogP contribution < -0.4 is 5.73 Å². The van der Waals surface area contributed by atoms with E-state index in [4.69, 9.17) is 5.11 Å². The van der Waals surface area contributed by atoms with Crippen LogP contribution in [0.15, 0.2) is 0 Å². The Morgan fingerprint density at radius 2 is 0.767 bits per heavy atom. The van der Waals surface area contributed by atoms with Gasteiger partial charge < -0.3 is 10.8 Å². The van der Waals surface area contributed by atoms with Gasteiger partial charge in [-0.1, -0.05) is 0 Å². The standard InChI is InChI=1S/C11H8F17NO/c12-4(13,1-3(30)2-29)5(14,15)6(16,17)7(18,19)8(20,21)9(22,23)10(24,25)11(26,27)28/h3,30H,1-2,29H2/t3-/m0/s1. The van der Waals surface area contributed by atoms with Crippen LogP contribution in [0.1, 0.15) is 6.42 Å². The Morgan fingerprint density at radius 3 is 1.03 bits per heavy atom. The highest BCUT2D eigenvalue weighted by Gasteiger charge is 2.95. The number of hydrogen-bond donors (Lipinski definition) is 2. The molecule has 0 radical (unpaired) electrons. The fourth-order valence-corrected chi connectivity index (χ4v) is 1.70. The third-order valence-corrected chi connectivity index (χ3v) is 3.55. The van der Waals surface area contributed by atoms with Gasteiger partial charge in [0.05, 0.1) is 6.10 Å². The van der Waals surface area contributed by atoms with Crippen molar-refractivity contribution in [3.05, 3.63) is 0 Å². The van der Waals surface area contributed by atoms with E-state index in [0.717, 1.165) is 0 Å². The van der Waals surface area contributed by atoms with Gasteiger partial charge in [0.2, 0.25) is 0 Å². The Bertz CT molecular complexity index is 609. The highest BCUT2D eigenvalue weighted by molar-refractivity contribution is 5.15. The molecule has 0 fully saturated rings. The lowest BCUT2D eigenvalue weighted by molar-refractivity contribution is -0.462. The Morgan fingerprint density at radius 1 is 0.500 bits per heavy atom. The van der Waals surface area contributed by atoms with Crippen LogP contribution in [0.3, 0.4) is 0 Å². The third-order valence-electron chi connectivity index (χ3n) is 3.55. The summed E-state index contributed by atoms with van der Waals surface area (Å²) in [6.07, 6.45) is -13.6. The van der Waals surface area contributed by atoms with Crippen molar-refractivity contribution in [2.75, 3.05) is 6.54 Å². The number of aliphatic hydroxyl groups is 1. The average Bonchev–Trinajstić information content (AvgIpc) is 2.51. The molecule has 19 heteroatoms. The van der Waals surface area contributed by atoms with Gasteiger partial charge in [0, 0.05) is 13.0 Å². The maximum absolute atomic E-state index is 13.3. The molecule has 0 aromatic heterocycles. The van der Waals surface area contributed by atoms with Gasteiger partial charge in [-0.15, -0.1) is 0 Å². The first-order valence-corrected chi connectivity index (χ1v) is 6.80. The Kier molecular flexibility index (Phi) is 7.09. The molecular weight excluding hydrogens is 485 g/mol. The summed E-state index contributed by atoms with van der Waals surface area (Å²) in [5.41, 5.74) is 4.46. The number of alkyl halides is 17. The van der Waals surface area contributed by atoms with E-state index in [-0.39, 0.29) is 0 Å². The van der Waals surface area contributed by atoms with Gasteiger partial charge in [-0.25, -0.2) is 0 Å². The van der Waals surface area contributed by atoms with E-state index in [1.54, 1.807) is 0 Å². The fourth-order valence-electron chi connectivity index (χ4n) is 1.70. The zero-order chi connectivity index (χ0) is 25.0. The lowest BCUT2D eigenvalue weighted by Gasteiger charge is -2.43. The second-order valence-electron chi connectivity index (χ2n) is 5.74. The first-order valence-electron chi connectivity index (χ1n) is 6.80. The van der Waals surface area contributed by atoms with Crippen molar-refractivity contribution in [1.29, 1.82) is 0 Å². The molecule has 0 unspecified atom stereocenters. The molecule has 0 saturated heterocycles. The van der Waals surface area contributed by atoms with Crippen LogP contribution in [-0.4, -0.2) is 65.4 Å². The van der Waals surface area contributed by atoms with E-state index < -0.39 is 66.7 Å². The van der Waals surface area contributed by atoms with Gasteiger partial charge in [0.25, 0.3) is 0 Å². The van der Waals surface area contributed by atoms with Crippen LogP contribution >= 0.6 is 0 Å². The maximum Gasteiger partial charge on any atom is 0.460 e. The van der Waals surface area contributed by atoms with E-state index in [1.165, 1.54) is 0 Å². The van der Waals surface area contributed by atoms with Crippen molar-refractivity contribution >= 4 is 0 Å². The monoisotopic (exact) mass is 493 g/mol. The molecule has 0 saturated carbocycles. The minimum Gasteiger partial charge on any atom is -0.392 e. The van der Waals surface area contributed by atoms with Crippen LogP contribution in [0.4, 0.5) is 74.6 Å². The summed E-state index contributed by atoms with van der Waals surface area (Å²) in [4.78, 5) is 0. The molecule has 182 valence electrons. The van der Waals surface area contributed by atoms with Crippen molar-refractivity contribution in [2.24, 2.45) is 5.73 Å². The number of nitrogens with two attached hydrogens (primary N) is 1. The Labute approximate surface area is 153 Å². The van der Waals surface area contributed by atoms with E-state index in [0.29, 0.717) is 0 Å². The molecule has 0 spiro atoms. The lowest BCUT2D eigenvalue weighted by Crippen LogP contribution is -2.74. The van der Waals surface area contributed by atoms with Crippen molar-refractivity contribution in [2.45, 2.75) is 60.2 Å². The molecule has 0 amide bonds. The molecule has 0 aliphatic rings. The van der Waals surface area contributed by atoms with Crippen molar-refractivity contribution in [1.82, 2.24) is 0 Å². The largest absolute Gasteiger partial charge is 0.460 e. The minimum atomic E-state index is -8.66. The summed E-state index contributed by atoms with van der Waals surface area (Å²) in [6, 6.07) is 0. The normalized spacial score (nSPS) is 17.3. The summed E-state index contributed by atoms with van der Waals surface area (Å²) >= 11 is 0. The topological polar surface area (TPSA) is 46.2 Å². The van der Waals surface area contributed by atoms with Crippen LogP contribution in [0.2, 0.25) is 0 Å². The van der Waals surface area contributed by atoms with E-state index in [2.05, 4.69) is 5.73 Å². The predicted octanol–water partition coefficient (Wildman–Crippen LogP) is 4.71. The van der Waals surface area contributed by atoms with Gasteiger partial charge in [0.1, 0.15) is 0 Å². The highest BCUT2D eigenvalue weighted by atomic mass is 19.4. The molecule has 30 heavy (non-hydrogen) atoms. The molecule has 0 aromatic rings. The second-order valence-corrected chi connectivity index (χ2v) is 5.74. The van der Waals surface area contributed by atoms with Gasteiger partial charge >= 0.3 is 47.6 Å². The van der Waals surface area contributed by atoms with Crippen LogP contribution in [-0.2, 0) is 0 Å². The second kappa shape index (κ2) is 7.40. The van der Waals surface area contributed by atoms with Gasteiger partial charge in [-0.05, 0) is 0 Å². The molecule has 1 atom stereocenters. The Balaban J connectivity index is 6.62. The number of aliphatic hydroxyl groups excluding tert-OH is 1. The van der Waals surface area contributed by atoms with Crippen LogP contribution in [0.5, 0.6) is 0 Å². The summed E-state index contributed by atoms with van der Waals surface area (Å²) in [5.74, 6) is -56.7. The zero-order valence-electron chi connectivity index (χ0n) is 13.4. The molecule has 0 aliphatic heterocycles. The summed E-state index contributed by atoms with van der Waals surface area (Å²) in [7, 11) is 0. The zero-order valence-corrected chi connectivity index (χ0v) is 13.4. The molecule has 0 rings (SSSR count). The van der Waals surface area contributed by atoms with Gasteiger partial charge in [-0.3, -0.25) is 0 Å². The number of rotatable bonds is 9. The van der Waals surface area contributed by atoms with Crippen LogP contribution in [0.25, 0.3) is 0 Å². The first kappa shape index (κ1) is 28.7. The average molecular weight is 493 g/mol. The maximum atomic E-state index is 13.3. The summed E-state index contributed by atoms with van der Waals surface area (Å²) < 4.78 is 219. The quantitative estimate of drug-likeness (QED) is 0.458. The van der Waals surface area contributed by atoms with Gasteiger partial charge in [0.15, 0.2) is 0 Å². The predicted molar refractivity (Wildman–Crippen MR) is 60.4 cm³/mol. The third kappa shape index (κ3) is 3.75. The minimum absolute atomic E-state index is 1.42. The van der Waals surface area contributed by atoms with E-state index in [9.17, 15) is 74.6 Å². The van der Waals surface area contributed by atoms with Crippen molar-refractivity contribution in [3.63, 3.8) is 0 Å². The molecule has 0 bridgehead atoms. The number of hydrogen-bond acceptors (Lipinski definition) is 2. The Hall–Kier alpha value is -1.27. The van der Waals surface area contributed by atoms with Crippen molar-refractivity contribution in [3.8, 4) is 0 Å². The van der Waals surface area contributed by atoms with Crippen LogP contribution in [0, 0.1) is 0 Å². The smallest absolute Gasteiger partial charge is 0.392 e. The molecular formula is C11H8F17NO. The molecule has 2 nitrogen and oxygen atoms in total. The molecule has 0 aromatic carbocycles. The van der Waals surface area contributed by atoms with Gasteiger partial charge in [-0.2, -0.15) is 74.6 Å². The highest BCUT2D eigenvalue weighted by Crippen LogP contribution is 2.64. The molecule has 3 N–H and O–H groups in total. The molecule has 0 aliphatic carbocycles.